The summed E-state index contributed by atoms with van der Waals surface area (Å²) in [5, 5.41) is 4.70. The van der Waals surface area contributed by atoms with Crippen LogP contribution in [-0.4, -0.2) is 17.5 Å². The van der Waals surface area contributed by atoms with Crippen LogP contribution >= 0.6 is 0 Å². The van der Waals surface area contributed by atoms with Crippen LogP contribution < -0.4 is 10.6 Å². The van der Waals surface area contributed by atoms with Crippen LogP contribution in [0.5, 0.6) is 0 Å². The van der Waals surface area contributed by atoms with E-state index in [-0.39, 0.29) is 5.91 Å². The minimum absolute atomic E-state index is 0.236. The van der Waals surface area contributed by atoms with Gasteiger partial charge in [-0.05, 0) is 13.3 Å². The van der Waals surface area contributed by atoms with Crippen LogP contribution in [0.25, 0.3) is 0 Å². The fourth-order valence-corrected chi connectivity index (χ4v) is 0.829. The maximum absolute atomic E-state index is 10.9. The van der Waals surface area contributed by atoms with E-state index in [0.717, 1.165) is 0 Å². The topological polar surface area (TPSA) is 58.2 Å². The SMILES string of the molecule is CC[C@]1(C)NC(=O)NC1=O. The van der Waals surface area contributed by atoms with Crippen molar-refractivity contribution in [3.8, 4) is 0 Å². The highest BCUT2D eigenvalue weighted by atomic mass is 16.2. The Kier molecular flexibility index (Phi) is 1.39. The lowest BCUT2D eigenvalue weighted by atomic mass is 10.0. The first-order valence-electron chi connectivity index (χ1n) is 3.22. The molecule has 10 heavy (non-hydrogen) atoms. The van der Waals surface area contributed by atoms with Gasteiger partial charge < -0.3 is 5.32 Å². The number of hydrogen-bond donors (Lipinski definition) is 2. The second kappa shape index (κ2) is 1.97. The van der Waals surface area contributed by atoms with E-state index < -0.39 is 11.6 Å². The third kappa shape index (κ3) is 0.853. The molecule has 0 spiro atoms. The monoisotopic (exact) mass is 142 g/mol. The second-order valence-corrected chi connectivity index (χ2v) is 2.59. The number of rotatable bonds is 1. The second-order valence-electron chi connectivity index (χ2n) is 2.59. The van der Waals surface area contributed by atoms with Gasteiger partial charge in [-0.2, -0.15) is 0 Å². The largest absolute Gasteiger partial charge is 0.324 e. The van der Waals surface area contributed by atoms with Gasteiger partial charge in [0, 0.05) is 0 Å². The molecule has 1 aliphatic rings. The van der Waals surface area contributed by atoms with Gasteiger partial charge in [-0.15, -0.1) is 0 Å². The van der Waals surface area contributed by atoms with Gasteiger partial charge in [0.25, 0.3) is 5.91 Å². The molecule has 4 heteroatoms. The van der Waals surface area contributed by atoms with Crippen molar-refractivity contribution in [1.29, 1.82) is 0 Å². The maximum atomic E-state index is 10.9. The van der Waals surface area contributed by atoms with Gasteiger partial charge in [0.2, 0.25) is 0 Å². The molecule has 56 valence electrons. The Labute approximate surface area is 59.0 Å². The van der Waals surface area contributed by atoms with Crippen molar-refractivity contribution in [1.82, 2.24) is 10.6 Å². The lowest BCUT2D eigenvalue weighted by molar-refractivity contribution is -0.123. The fraction of sp³-hybridized carbons (Fsp3) is 0.667. The highest BCUT2D eigenvalue weighted by Gasteiger charge is 2.39. The zero-order valence-corrected chi connectivity index (χ0v) is 6.02. The number of amides is 3. The molecule has 3 amide bonds. The van der Waals surface area contributed by atoms with E-state index in [9.17, 15) is 9.59 Å². The van der Waals surface area contributed by atoms with Crippen LogP contribution in [0.2, 0.25) is 0 Å². The molecule has 0 radical (unpaired) electrons. The molecule has 0 unspecified atom stereocenters. The van der Waals surface area contributed by atoms with E-state index >= 15 is 0 Å². The Morgan fingerprint density at radius 1 is 1.50 bits per heavy atom. The van der Waals surface area contributed by atoms with Crippen LogP contribution in [0.1, 0.15) is 20.3 Å². The number of imide groups is 1. The molecular weight excluding hydrogens is 132 g/mol. The third-order valence-corrected chi connectivity index (χ3v) is 1.82. The molecule has 0 aliphatic carbocycles. The average molecular weight is 142 g/mol. The van der Waals surface area contributed by atoms with Crippen molar-refractivity contribution in [3.05, 3.63) is 0 Å². The third-order valence-electron chi connectivity index (χ3n) is 1.82. The van der Waals surface area contributed by atoms with E-state index in [0.29, 0.717) is 6.42 Å². The summed E-state index contributed by atoms with van der Waals surface area (Å²) in [4.78, 5) is 21.5. The summed E-state index contributed by atoms with van der Waals surface area (Å²) in [5.74, 6) is -0.236. The number of hydrogen-bond acceptors (Lipinski definition) is 2. The minimum atomic E-state index is -0.683. The smallest absolute Gasteiger partial charge is 0.322 e. The molecule has 2 N–H and O–H groups in total. The van der Waals surface area contributed by atoms with Crippen LogP contribution in [0.4, 0.5) is 4.79 Å². The zero-order chi connectivity index (χ0) is 7.78. The van der Waals surface area contributed by atoms with Crippen molar-refractivity contribution in [2.24, 2.45) is 0 Å². The summed E-state index contributed by atoms with van der Waals surface area (Å²) in [5.41, 5.74) is -0.683. The van der Waals surface area contributed by atoms with Crippen molar-refractivity contribution in [3.63, 3.8) is 0 Å². The Hall–Kier alpha value is -1.06. The van der Waals surface area contributed by atoms with E-state index in [1.807, 2.05) is 6.92 Å². The minimum Gasteiger partial charge on any atom is -0.324 e. The van der Waals surface area contributed by atoms with E-state index in [4.69, 9.17) is 0 Å². The lowest BCUT2D eigenvalue weighted by Gasteiger charge is -2.16. The Morgan fingerprint density at radius 3 is 2.30 bits per heavy atom. The normalized spacial score (nSPS) is 31.8. The quantitative estimate of drug-likeness (QED) is 0.506. The van der Waals surface area contributed by atoms with Gasteiger partial charge in [-0.1, -0.05) is 6.92 Å². The summed E-state index contributed by atoms with van der Waals surface area (Å²) in [6.45, 7) is 3.55. The summed E-state index contributed by atoms with van der Waals surface area (Å²) in [6.07, 6.45) is 0.616. The fourth-order valence-electron chi connectivity index (χ4n) is 0.829. The summed E-state index contributed by atoms with van der Waals surface area (Å²) in [6, 6.07) is -0.394. The number of carbonyl (C=O) groups excluding carboxylic acids is 2. The molecule has 0 aromatic carbocycles. The highest BCUT2D eigenvalue weighted by Crippen LogP contribution is 2.12. The molecule has 0 saturated carbocycles. The Morgan fingerprint density at radius 2 is 2.10 bits per heavy atom. The summed E-state index contributed by atoms with van der Waals surface area (Å²) < 4.78 is 0. The average Bonchev–Trinajstić information content (AvgIpc) is 2.09. The molecule has 1 fully saturated rings. The Bertz CT molecular complexity index is 190. The summed E-state index contributed by atoms with van der Waals surface area (Å²) in [7, 11) is 0. The van der Waals surface area contributed by atoms with Gasteiger partial charge in [0.1, 0.15) is 5.54 Å². The summed E-state index contributed by atoms with van der Waals surface area (Å²) >= 11 is 0. The molecule has 1 heterocycles. The number of nitrogens with one attached hydrogen (secondary N) is 2. The van der Waals surface area contributed by atoms with Gasteiger partial charge in [0.05, 0.1) is 0 Å². The number of carbonyl (C=O) groups is 2. The first-order chi connectivity index (χ1) is 4.58. The molecule has 1 atom stereocenters. The van der Waals surface area contributed by atoms with Gasteiger partial charge >= 0.3 is 6.03 Å². The van der Waals surface area contributed by atoms with Crippen molar-refractivity contribution in [2.45, 2.75) is 25.8 Å². The van der Waals surface area contributed by atoms with Crippen molar-refractivity contribution < 1.29 is 9.59 Å². The van der Waals surface area contributed by atoms with Gasteiger partial charge in [0.15, 0.2) is 0 Å². The molecular formula is C6H10N2O2. The molecule has 0 aromatic heterocycles. The van der Waals surface area contributed by atoms with Gasteiger partial charge in [-0.3, -0.25) is 10.1 Å². The van der Waals surface area contributed by atoms with E-state index in [1.54, 1.807) is 6.92 Å². The zero-order valence-electron chi connectivity index (χ0n) is 6.02. The molecule has 1 saturated heterocycles. The Balaban J connectivity index is 2.80. The van der Waals surface area contributed by atoms with Crippen LogP contribution in [-0.2, 0) is 4.79 Å². The molecule has 1 rings (SSSR count). The number of urea groups is 1. The van der Waals surface area contributed by atoms with Crippen molar-refractivity contribution >= 4 is 11.9 Å². The van der Waals surface area contributed by atoms with Crippen LogP contribution in [0.3, 0.4) is 0 Å². The van der Waals surface area contributed by atoms with E-state index in [2.05, 4.69) is 10.6 Å². The highest BCUT2D eigenvalue weighted by molar-refractivity contribution is 6.06. The maximum Gasteiger partial charge on any atom is 0.322 e. The first-order valence-corrected chi connectivity index (χ1v) is 3.22. The first kappa shape index (κ1) is 7.05. The van der Waals surface area contributed by atoms with Crippen LogP contribution in [0.15, 0.2) is 0 Å². The predicted molar refractivity (Wildman–Crippen MR) is 35.4 cm³/mol. The molecule has 1 aliphatic heterocycles. The van der Waals surface area contributed by atoms with Gasteiger partial charge in [-0.25, -0.2) is 4.79 Å². The van der Waals surface area contributed by atoms with E-state index in [1.165, 1.54) is 0 Å². The molecule has 0 aromatic rings. The predicted octanol–water partition coefficient (Wildman–Crippen LogP) is -0.00550. The molecule has 4 nitrogen and oxygen atoms in total. The standard InChI is InChI=1S/C6H10N2O2/c1-3-6(2)4(9)7-5(10)8-6/h3H2,1-2H3,(H2,7,8,9,10)/t6-/m0/s1. The lowest BCUT2D eigenvalue weighted by Crippen LogP contribution is -2.42. The van der Waals surface area contributed by atoms with Crippen LogP contribution in [0, 0.1) is 0 Å². The molecule has 0 bridgehead atoms. The van der Waals surface area contributed by atoms with Crippen molar-refractivity contribution in [2.75, 3.05) is 0 Å².